The summed E-state index contributed by atoms with van der Waals surface area (Å²) >= 11 is 2.76. The Morgan fingerprint density at radius 2 is 2.17 bits per heavy atom. The van der Waals surface area contributed by atoms with Crippen molar-refractivity contribution < 1.29 is 24.5 Å². The largest absolute Gasteiger partial charge is 0.491 e. The molecule has 9 heteroatoms. The summed E-state index contributed by atoms with van der Waals surface area (Å²) in [7, 11) is 0. The number of likely N-dealkylation sites (tertiary alicyclic amines) is 1. The van der Waals surface area contributed by atoms with Crippen molar-refractivity contribution >= 4 is 35.0 Å². The number of carbonyl (C=O) groups excluding carboxylic acids is 1. The molecule has 1 aromatic heterocycles. The van der Waals surface area contributed by atoms with E-state index in [1.165, 1.54) is 28.5 Å². The van der Waals surface area contributed by atoms with Crippen LogP contribution in [0, 0.1) is 6.92 Å². The number of ether oxygens (including phenoxy) is 1. The number of carbonyl (C=O) groups is 2. The first-order valence-corrected chi connectivity index (χ1v) is 11.8. The molecular formula is C21H26N2O5S2. The lowest BCUT2D eigenvalue weighted by atomic mass is 10.1. The van der Waals surface area contributed by atoms with Gasteiger partial charge >= 0.3 is 5.97 Å². The Labute approximate surface area is 184 Å². The molecule has 2 heterocycles. The van der Waals surface area contributed by atoms with Crippen LogP contribution in [0.15, 0.2) is 34.0 Å². The molecule has 0 aliphatic carbocycles. The van der Waals surface area contributed by atoms with E-state index in [4.69, 9.17) is 9.84 Å². The maximum atomic E-state index is 12.2. The predicted octanol–water partition coefficient (Wildman–Crippen LogP) is 3.45. The van der Waals surface area contributed by atoms with Crippen LogP contribution in [-0.4, -0.2) is 63.0 Å². The van der Waals surface area contributed by atoms with Crippen LogP contribution in [0.5, 0.6) is 5.75 Å². The number of aromatic carboxylic acids is 1. The summed E-state index contributed by atoms with van der Waals surface area (Å²) in [6.45, 7) is 2.83. The Bertz CT molecular complexity index is 855. The van der Waals surface area contributed by atoms with Crippen LogP contribution in [0.3, 0.4) is 0 Å². The van der Waals surface area contributed by atoms with Crippen molar-refractivity contribution in [3.63, 3.8) is 0 Å². The molecule has 162 valence electrons. The Balaban J connectivity index is 1.40. The second-order valence-electron chi connectivity index (χ2n) is 7.29. The lowest BCUT2D eigenvalue weighted by molar-refractivity contribution is -0.128. The standard InChI is InChI=1S/C21H26N2O5S2/c1-14-2-7-17(8-3-14)28-12-16(24)6-4-15-5-9-19(25)23(15)10-11-29-21-22-18(13-30-21)20(26)27/h2-3,7-8,13,15-16,24H,4-6,9-12H2,1H3,(H,26,27)/t15-,16?/m0/s1. The Kier molecular flexibility index (Phi) is 8.12. The maximum Gasteiger partial charge on any atom is 0.355 e. The number of nitrogens with zero attached hydrogens (tertiary/aromatic N) is 2. The number of aromatic nitrogens is 1. The van der Waals surface area contributed by atoms with Gasteiger partial charge in [0.15, 0.2) is 10.0 Å². The van der Waals surface area contributed by atoms with E-state index in [0.717, 1.165) is 24.2 Å². The van der Waals surface area contributed by atoms with Crippen molar-refractivity contribution in [2.45, 2.75) is 49.1 Å². The number of benzene rings is 1. The van der Waals surface area contributed by atoms with Crippen molar-refractivity contribution in [1.29, 1.82) is 0 Å². The summed E-state index contributed by atoms with van der Waals surface area (Å²) < 4.78 is 6.33. The van der Waals surface area contributed by atoms with Gasteiger partial charge < -0.3 is 19.8 Å². The molecule has 0 bridgehead atoms. The molecule has 1 aromatic carbocycles. The first-order valence-electron chi connectivity index (χ1n) is 9.91. The topological polar surface area (TPSA) is 100.0 Å². The molecule has 1 saturated heterocycles. The number of carboxylic acid groups (broad SMARTS) is 1. The summed E-state index contributed by atoms with van der Waals surface area (Å²) in [6, 6.07) is 7.84. The zero-order valence-electron chi connectivity index (χ0n) is 16.8. The van der Waals surface area contributed by atoms with Gasteiger partial charge in [-0.15, -0.1) is 11.3 Å². The lowest BCUT2D eigenvalue weighted by Crippen LogP contribution is -2.35. The Morgan fingerprint density at radius 1 is 1.40 bits per heavy atom. The zero-order chi connectivity index (χ0) is 21.5. The first-order chi connectivity index (χ1) is 14.4. The van der Waals surface area contributed by atoms with Gasteiger partial charge in [0.1, 0.15) is 12.4 Å². The SMILES string of the molecule is Cc1ccc(OCC(O)CC[C@H]2CCC(=O)N2CCSc2nc(C(=O)O)cs2)cc1. The molecular weight excluding hydrogens is 424 g/mol. The van der Waals surface area contributed by atoms with Gasteiger partial charge in [-0.25, -0.2) is 9.78 Å². The summed E-state index contributed by atoms with van der Waals surface area (Å²) in [4.78, 5) is 29.1. The molecule has 7 nitrogen and oxygen atoms in total. The summed E-state index contributed by atoms with van der Waals surface area (Å²) in [5.41, 5.74) is 1.21. The molecule has 2 atom stereocenters. The average molecular weight is 451 g/mol. The molecule has 0 saturated carbocycles. The van der Waals surface area contributed by atoms with Crippen molar-refractivity contribution in [1.82, 2.24) is 9.88 Å². The number of aryl methyl sites for hydroxylation is 1. The number of aliphatic hydroxyl groups is 1. The molecule has 1 unspecified atom stereocenters. The third kappa shape index (κ3) is 6.45. The quantitative estimate of drug-likeness (QED) is 0.506. The van der Waals surface area contributed by atoms with Crippen LogP contribution in [0.25, 0.3) is 0 Å². The smallest absolute Gasteiger partial charge is 0.355 e. The zero-order valence-corrected chi connectivity index (χ0v) is 18.5. The number of amides is 1. The van der Waals surface area contributed by atoms with Gasteiger partial charge in [-0.2, -0.15) is 0 Å². The van der Waals surface area contributed by atoms with Crippen LogP contribution in [0.1, 0.15) is 41.7 Å². The van der Waals surface area contributed by atoms with Gasteiger partial charge in [-0.1, -0.05) is 29.5 Å². The maximum absolute atomic E-state index is 12.2. The molecule has 1 aliphatic heterocycles. The fraction of sp³-hybridized carbons (Fsp3) is 0.476. The fourth-order valence-corrected chi connectivity index (χ4v) is 5.16. The summed E-state index contributed by atoms with van der Waals surface area (Å²) in [5, 5.41) is 20.7. The lowest BCUT2D eigenvalue weighted by Gasteiger charge is -2.25. The monoisotopic (exact) mass is 450 g/mol. The summed E-state index contributed by atoms with van der Waals surface area (Å²) in [6.07, 6.45) is 2.06. The summed E-state index contributed by atoms with van der Waals surface area (Å²) in [5.74, 6) is 0.505. The predicted molar refractivity (Wildman–Crippen MR) is 116 cm³/mol. The highest BCUT2D eigenvalue weighted by atomic mass is 32.2. The minimum absolute atomic E-state index is 0.0551. The van der Waals surface area contributed by atoms with Crippen LogP contribution in [0.2, 0.25) is 0 Å². The third-order valence-corrected chi connectivity index (χ3v) is 7.01. The molecule has 3 rings (SSSR count). The van der Waals surface area contributed by atoms with Crippen molar-refractivity contribution in [3.05, 3.63) is 40.9 Å². The van der Waals surface area contributed by atoms with E-state index >= 15 is 0 Å². The number of hydrogen-bond donors (Lipinski definition) is 2. The number of hydrogen-bond acceptors (Lipinski definition) is 7. The van der Waals surface area contributed by atoms with Crippen LogP contribution < -0.4 is 4.74 Å². The average Bonchev–Trinajstić information content (AvgIpc) is 3.33. The van der Waals surface area contributed by atoms with E-state index in [-0.39, 0.29) is 24.2 Å². The van der Waals surface area contributed by atoms with Crippen molar-refractivity contribution in [2.75, 3.05) is 18.9 Å². The van der Waals surface area contributed by atoms with Gasteiger partial charge in [0, 0.05) is 30.1 Å². The Morgan fingerprint density at radius 3 is 2.87 bits per heavy atom. The fourth-order valence-electron chi connectivity index (χ4n) is 3.35. The van der Waals surface area contributed by atoms with Gasteiger partial charge in [0.2, 0.25) is 5.91 Å². The molecule has 2 N–H and O–H groups in total. The normalized spacial score (nSPS) is 17.3. The van der Waals surface area contributed by atoms with Crippen LogP contribution in [0.4, 0.5) is 0 Å². The van der Waals surface area contributed by atoms with Gasteiger partial charge in [-0.05, 0) is 38.3 Å². The van der Waals surface area contributed by atoms with E-state index in [0.29, 0.717) is 29.5 Å². The van der Waals surface area contributed by atoms with Crippen LogP contribution in [-0.2, 0) is 4.79 Å². The number of rotatable bonds is 11. The second-order valence-corrected chi connectivity index (χ2v) is 9.49. The van der Waals surface area contributed by atoms with E-state index in [1.807, 2.05) is 36.1 Å². The molecule has 1 aliphatic rings. The Hall–Kier alpha value is -2.10. The second kappa shape index (κ2) is 10.8. The van der Waals surface area contributed by atoms with E-state index in [9.17, 15) is 14.7 Å². The number of thioether (sulfide) groups is 1. The molecule has 0 spiro atoms. The minimum atomic E-state index is -1.03. The number of thiazole rings is 1. The van der Waals surface area contributed by atoms with Crippen LogP contribution >= 0.6 is 23.1 Å². The minimum Gasteiger partial charge on any atom is -0.491 e. The molecule has 0 radical (unpaired) electrons. The van der Waals surface area contributed by atoms with Gasteiger partial charge in [0.25, 0.3) is 0 Å². The third-order valence-electron chi connectivity index (χ3n) is 5.01. The van der Waals surface area contributed by atoms with E-state index in [2.05, 4.69) is 4.98 Å². The first kappa shape index (κ1) is 22.6. The number of aliphatic hydroxyl groups excluding tert-OH is 1. The van der Waals surface area contributed by atoms with E-state index < -0.39 is 12.1 Å². The highest BCUT2D eigenvalue weighted by molar-refractivity contribution is 8.01. The van der Waals surface area contributed by atoms with Gasteiger partial charge in [0.05, 0.1) is 6.10 Å². The molecule has 1 amide bonds. The number of carboxylic acids is 1. The highest BCUT2D eigenvalue weighted by Crippen LogP contribution is 2.27. The highest BCUT2D eigenvalue weighted by Gasteiger charge is 2.30. The molecule has 2 aromatic rings. The molecule has 30 heavy (non-hydrogen) atoms. The van der Waals surface area contributed by atoms with Crippen molar-refractivity contribution in [2.24, 2.45) is 0 Å². The van der Waals surface area contributed by atoms with Crippen molar-refractivity contribution in [3.8, 4) is 5.75 Å². The van der Waals surface area contributed by atoms with E-state index in [1.54, 1.807) is 0 Å². The molecule has 1 fully saturated rings. The van der Waals surface area contributed by atoms with Gasteiger partial charge in [-0.3, -0.25) is 4.79 Å².